The van der Waals surface area contributed by atoms with Crippen molar-refractivity contribution in [3.63, 3.8) is 0 Å². The smallest absolute Gasteiger partial charge is 0.324 e. The lowest BCUT2D eigenvalue weighted by molar-refractivity contribution is -0.137. The van der Waals surface area contributed by atoms with Crippen LogP contribution in [0.1, 0.15) is 24.0 Å². The van der Waals surface area contributed by atoms with Crippen molar-refractivity contribution in [3.05, 3.63) is 64.7 Å². The van der Waals surface area contributed by atoms with Crippen LogP contribution in [0.4, 0.5) is 23.7 Å². The van der Waals surface area contributed by atoms with Crippen LogP contribution in [0.5, 0.6) is 0 Å². The standard InChI is InChI=1S/C20H17ClF3N3O/c21-17-7-6-15(12-16(17)20(22,23)24)26-18(28)27-10-8-19(13-25,9-11-27)14-4-2-1-3-5-14/h1-7,12H,8-11H2,(H,26,28). The van der Waals surface area contributed by atoms with E-state index in [4.69, 9.17) is 11.6 Å². The van der Waals surface area contributed by atoms with Crippen molar-refractivity contribution in [2.24, 2.45) is 0 Å². The molecule has 0 unspecified atom stereocenters. The summed E-state index contributed by atoms with van der Waals surface area (Å²) in [6, 6.07) is 14.5. The highest BCUT2D eigenvalue weighted by atomic mass is 35.5. The molecule has 4 nitrogen and oxygen atoms in total. The Morgan fingerprint density at radius 2 is 1.79 bits per heavy atom. The van der Waals surface area contributed by atoms with Crippen LogP contribution in [-0.2, 0) is 11.6 Å². The molecule has 0 radical (unpaired) electrons. The molecule has 0 spiro atoms. The predicted molar refractivity (Wildman–Crippen MR) is 100 cm³/mol. The first-order chi connectivity index (χ1) is 13.2. The van der Waals surface area contributed by atoms with Crippen molar-refractivity contribution >= 4 is 23.3 Å². The fourth-order valence-electron chi connectivity index (χ4n) is 3.34. The summed E-state index contributed by atoms with van der Waals surface area (Å²) in [6.07, 6.45) is -3.70. The number of nitrogens with one attached hydrogen (secondary N) is 1. The van der Waals surface area contributed by atoms with E-state index < -0.39 is 28.2 Å². The fourth-order valence-corrected chi connectivity index (χ4v) is 3.56. The van der Waals surface area contributed by atoms with E-state index in [0.29, 0.717) is 25.9 Å². The fraction of sp³-hybridized carbons (Fsp3) is 0.300. The Hall–Kier alpha value is -2.72. The molecule has 1 N–H and O–H groups in total. The molecule has 1 fully saturated rings. The number of carbonyl (C=O) groups is 1. The molecule has 1 saturated heterocycles. The van der Waals surface area contributed by atoms with Crippen LogP contribution < -0.4 is 5.32 Å². The van der Waals surface area contributed by atoms with Gasteiger partial charge in [0, 0.05) is 18.8 Å². The summed E-state index contributed by atoms with van der Waals surface area (Å²) in [5, 5.41) is 11.8. The zero-order chi connectivity index (χ0) is 20.4. The largest absolute Gasteiger partial charge is 0.417 e. The summed E-state index contributed by atoms with van der Waals surface area (Å²) in [5.41, 5.74) is -0.743. The minimum atomic E-state index is -4.61. The van der Waals surface area contributed by atoms with Crippen molar-refractivity contribution < 1.29 is 18.0 Å². The van der Waals surface area contributed by atoms with Gasteiger partial charge in [0.15, 0.2) is 0 Å². The van der Waals surface area contributed by atoms with Gasteiger partial charge in [0.1, 0.15) is 0 Å². The lowest BCUT2D eigenvalue weighted by Gasteiger charge is -2.37. The number of nitriles is 1. The number of carbonyl (C=O) groups excluding carboxylic acids is 1. The molecule has 0 atom stereocenters. The predicted octanol–water partition coefficient (Wildman–Crippen LogP) is 5.45. The van der Waals surface area contributed by atoms with Gasteiger partial charge in [0.2, 0.25) is 0 Å². The van der Waals surface area contributed by atoms with E-state index in [9.17, 15) is 23.2 Å². The molecule has 2 amide bonds. The van der Waals surface area contributed by atoms with Gasteiger partial charge in [0.25, 0.3) is 0 Å². The average Bonchev–Trinajstić information content (AvgIpc) is 2.69. The van der Waals surface area contributed by atoms with Gasteiger partial charge in [-0.25, -0.2) is 4.79 Å². The molecule has 3 rings (SSSR count). The molecule has 28 heavy (non-hydrogen) atoms. The number of nitrogens with zero attached hydrogens (tertiary/aromatic N) is 2. The normalized spacial score (nSPS) is 16.3. The number of rotatable bonds is 2. The summed E-state index contributed by atoms with van der Waals surface area (Å²) in [7, 11) is 0. The van der Waals surface area contributed by atoms with Crippen LogP contribution in [0.25, 0.3) is 0 Å². The van der Waals surface area contributed by atoms with E-state index in [2.05, 4.69) is 11.4 Å². The van der Waals surface area contributed by atoms with Crippen molar-refractivity contribution in [3.8, 4) is 6.07 Å². The molecule has 0 aliphatic carbocycles. The molecule has 1 aliphatic rings. The van der Waals surface area contributed by atoms with Crippen LogP contribution >= 0.6 is 11.6 Å². The summed E-state index contributed by atoms with van der Waals surface area (Å²) < 4.78 is 38.9. The zero-order valence-electron chi connectivity index (χ0n) is 14.8. The summed E-state index contributed by atoms with van der Waals surface area (Å²) in [5.74, 6) is 0. The minimum absolute atomic E-state index is 0.0157. The number of alkyl halides is 3. The van der Waals surface area contributed by atoms with E-state index in [0.717, 1.165) is 17.7 Å². The van der Waals surface area contributed by atoms with Crippen LogP contribution in [0.3, 0.4) is 0 Å². The maximum atomic E-state index is 13.0. The molecule has 1 aliphatic heterocycles. The first-order valence-corrected chi connectivity index (χ1v) is 9.02. The number of urea groups is 1. The first kappa shape index (κ1) is 20.0. The lowest BCUT2D eigenvalue weighted by atomic mass is 9.74. The monoisotopic (exact) mass is 407 g/mol. The molecule has 0 saturated carbocycles. The number of hydrogen-bond acceptors (Lipinski definition) is 2. The van der Waals surface area contributed by atoms with Gasteiger partial charge < -0.3 is 10.2 Å². The van der Waals surface area contributed by atoms with Gasteiger partial charge in [-0.05, 0) is 36.6 Å². The van der Waals surface area contributed by atoms with Crippen LogP contribution in [-0.4, -0.2) is 24.0 Å². The quantitative estimate of drug-likeness (QED) is 0.719. The maximum absolute atomic E-state index is 13.0. The first-order valence-electron chi connectivity index (χ1n) is 8.65. The van der Waals surface area contributed by atoms with Crippen molar-refractivity contribution in [1.82, 2.24) is 4.90 Å². The minimum Gasteiger partial charge on any atom is -0.324 e. The molecular formula is C20H17ClF3N3O. The van der Waals surface area contributed by atoms with Crippen molar-refractivity contribution in [1.29, 1.82) is 5.26 Å². The second-order valence-electron chi connectivity index (χ2n) is 6.67. The number of benzene rings is 2. The molecule has 1 heterocycles. The van der Waals surface area contributed by atoms with E-state index in [-0.39, 0.29) is 5.69 Å². The summed E-state index contributed by atoms with van der Waals surface area (Å²) in [4.78, 5) is 14.0. The molecule has 2 aromatic rings. The van der Waals surface area contributed by atoms with Gasteiger partial charge >= 0.3 is 12.2 Å². The molecule has 146 valence electrons. The molecule has 0 bridgehead atoms. The second kappa shape index (κ2) is 7.72. The number of amides is 2. The third-order valence-corrected chi connectivity index (χ3v) is 5.30. The molecular weight excluding hydrogens is 391 g/mol. The second-order valence-corrected chi connectivity index (χ2v) is 7.08. The third kappa shape index (κ3) is 4.07. The Labute approximate surface area is 165 Å². The number of likely N-dealkylation sites (tertiary alicyclic amines) is 1. The molecule has 0 aromatic heterocycles. The van der Waals surface area contributed by atoms with E-state index in [1.165, 1.54) is 11.0 Å². The Bertz CT molecular complexity index is 901. The van der Waals surface area contributed by atoms with E-state index >= 15 is 0 Å². The summed E-state index contributed by atoms with van der Waals surface area (Å²) >= 11 is 5.60. The third-order valence-electron chi connectivity index (χ3n) is 4.97. The highest BCUT2D eigenvalue weighted by Gasteiger charge is 2.38. The van der Waals surface area contributed by atoms with Crippen LogP contribution in [0.2, 0.25) is 5.02 Å². The van der Waals surface area contributed by atoms with Crippen molar-refractivity contribution in [2.45, 2.75) is 24.4 Å². The maximum Gasteiger partial charge on any atom is 0.417 e. The zero-order valence-corrected chi connectivity index (χ0v) is 15.5. The topological polar surface area (TPSA) is 56.1 Å². The average molecular weight is 408 g/mol. The molecule has 2 aromatic carbocycles. The highest BCUT2D eigenvalue weighted by molar-refractivity contribution is 6.31. The number of piperidine rings is 1. The van der Waals surface area contributed by atoms with E-state index in [1.807, 2.05) is 30.3 Å². The Balaban J connectivity index is 1.69. The highest BCUT2D eigenvalue weighted by Crippen LogP contribution is 2.37. The number of anilines is 1. The van der Waals surface area contributed by atoms with Crippen LogP contribution in [0.15, 0.2) is 48.5 Å². The number of halogens is 4. The SMILES string of the molecule is N#CC1(c2ccccc2)CCN(C(=O)Nc2ccc(Cl)c(C(F)(F)F)c2)CC1. The van der Waals surface area contributed by atoms with Crippen LogP contribution in [0, 0.1) is 11.3 Å². The van der Waals surface area contributed by atoms with Crippen molar-refractivity contribution in [2.75, 3.05) is 18.4 Å². The van der Waals surface area contributed by atoms with Gasteiger partial charge in [-0.15, -0.1) is 0 Å². The number of hydrogen-bond donors (Lipinski definition) is 1. The van der Waals surface area contributed by atoms with Gasteiger partial charge in [-0.3, -0.25) is 0 Å². The van der Waals surface area contributed by atoms with Gasteiger partial charge in [-0.2, -0.15) is 18.4 Å². The lowest BCUT2D eigenvalue weighted by Crippen LogP contribution is -2.46. The van der Waals surface area contributed by atoms with E-state index in [1.54, 1.807) is 0 Å². The van der Waals surface area contributed by atoms with Gasteiger partial charge in [-0.1, -0.05) is 41.9 Å². The molecule has 8 heteroatoms. The Morgan fingerprint density at radius 1 is 1.14 bits per heavy atom. The Kier molecular flexibility index (Phi) is 5.52. The van der Waals surface area contributed by atoms with Gasteiger partial charge in [0.05, 0.1) is 22.1 Å². The summed E-state index contributed by atoms with van der Waals surface area (Å²) in [6.45, 7) is 0.655. The Morgan fingerprint density at radius 3 is 2.36 bits per heavy atom.